The molecule has 4 rings (SSSR count). The number of anilines is 1. The van der Waals surface area contributed by atoms with Gasteiger partial charge in [-0.2, -0.15) is 13.2 Å². The third-order valence-corrected chi connectivity index (χ3v) is 8.60. The van der Waals surface area contributed by atoms with E-state index >= 15 is 0 Å². The number of alkyl halides is 3. The van der Waals surface area contributed by atoms with Crippen LogP contribution in [0.3, 0.4) is 0 Å². The van der Waals surface area contributed by atoms with Gasteiger partial charge in [0.25, 0.3) is 0 Å². The summed E-state index contributed by atoms with van der Waals surface area (Å²) >= 11 is 0. The maximum absolute atomic E-state index is 13.1. The molecule has 4 heterocycles. The molecule has 11 heteroatoms. The minimum Gasteiger partial charge on any atom is -0.356 e. The predicted molar refractivity (Wildman–Crippen MR) is 97.9 cm³/mol. The van der Waals surface area contributed by atoms with Gasteiger partial charge >= 0.3 is 6.18 Å². The molecule has 3 aliphatic rings. The average Bonchev–Trinajstić information content (AvgIpc) is 3.27. The smallest absolute Gasteiger partial charge is 0.356 e. The van der Waals surface area contributed by atoms with Crippen molar-refractivity contribution in [2.75, 3.05) is 31.1 Å². The fourth-order valence-electron chi connectivity index (χ4n) is 4.63. The molecular weight excluding hydrogens is 395 g/mol. The molecule has 0 bridgehead atoms. The van der Waals surface area contributed by atoms with Crippen LogP contribution in [-0.2, 0) is 16.2 Å². The van der Waals surface area contributed by atoms with Gasteiger partial charge < -0.3 is 4.90 Å². The zero-order chi connectivity index (χ0) is 20.3. The molecule has 0 saturated carbocycles. The zero-order valence-corrected chi connectivity index (χ0v) is 16.5. The average molecular weight is 419 g/mol. The van der Waals surface area contributed by atoms with Crippen molar-refractivity contribution in [1.29, 1.82) is 0 Å². The van der Waals surface area contributed by atoms with E-state index in [-0.39, 0.29) is 23.9 Å². The number of nitrogens with one attached hydrogen (secondary N) is 2. The fraction of sp³-hybridized carbons (Fsp3) is 0.706. The second-order valence-electron chi connectivity index (χ2n) is 8.02. The van der Waals surface area contributed by atoms with Gasteiger partial charge in [-0.3, -0.25) is 10.9 Å². The van der Waals surface area contributed by atoms with Crippen LogP contribution in [0.4, 0.5) is 19.0 Å². The molecule has 0 aliphatic carbocycles. The van der Waals surface area contributed by atoms with E-state index in [0.717, 1.165) is 12.3 Å². The van der Waals surface area contributed by atoms with Gasteiger partial charge in [-0.25, -0.2) is 17.7 Å². The number of pyridine rings is 1. The van der Waals surface area contributed by atoms with Crippen molar-refractivity contribution in [3.63, 3.8) is 0 Å². The number of hydrogen-bond acceptors (Lipinski definition) is 6. The number of fused-ring (bicyclic) bond motifs is 1. The van der Waals surface area contributed by atoms with Crippen LogP contribution in [0.25, 0.3) is 0 Å². The first-order chi connectivity index (χ1) is 13.1. The van der Waals surface area contributed by atoms with Crippen LogP contribution in [0.1, 0.15) is 19.4 Å². The number of halogens is 3. The quantitative estimate of drug-likeness (QED) is 0.763. The first kappa shape index (κ1) is 19.9. The molecule has 7 nitrogen and oxygen atoms in total. The summed E-state index contributed by atoms with van der Waals surface area (Å²) in [5, 5.41) is -0.515. The first-order valence-corrected chi connectivity index (χ1v) is 10.9. The second-order valence-corrected chi connectivity index (χ2v) is 10.1. The molecule has 28 heavy (non-hydrogen) atoms. The lowest BCUT2D eigenvalue weighted by Gasteiger charge is -2.27. The molecule has 4 atom stereocenters. The largest absolute Gasteiger partial charge is 0.417 e. The van der Waals surface area contributed by atoms with Crippen molar-refractivity contribution >= 4 is 15.8 Å². The van der Waals surface area contributed by atoms with Crippen LogP contribution in [0, 0.1) is 11.8 Å². The predicted octanol–water partition coefficient (Wildman–Crippen LogP) is 1.05. The molecule has 156 valence electrons. The van der Waals surface area contributed by atoms with Crippen molar-refractivity contribution < 1.29 is 21.6 Å². The molecule has 3 aliphatic heterocycles. The third-order valence-electron chi connectivity index (χ3n) is 6.08. The Labute approximate surface area is 162 Å². The van der Waals surface area contributed by atoms with Crippen LogP contribution in [0.2, 0.25) is 0 Å². The van der Waals surface area contributed by atoms with Crippen LogP contribution in [0.15, 0.2) is 18.3 Å². The van der Waals surface area contributed by atoms with E-state index in [2.05, 4.69) is 15.8 Å². The molecule has 0 radical (unpaired) electrons. The molecule has 4 unspecified atom stereocenters. The second kappa shape index (κ2) is 6.82. The summed E-state index contributed by atoms with van der Waals surface area (Å²) in [5.41, 5.74) is 5.21. The summed E-state index contributed by atoms with van der Waals surface area (Å²) < 4.78 is 65.8. The van der Waals surface area contributed by atoms with E-state index in [0.29, 0.717) is 32.0 Å². The highest BCUT2D eigenvalue weighted by Gasteiger charge is 2.49. The highest BCUT2D eigenvalue weighted by molar-refractivity contribution is 7.89. The van der Waals surface area contributed by atoms with Crippen molar-refractivity contribution in [2.24, 2.45) is 11.8 Å². The number of aromatic nitrogens is 1. The lowest BCUT2D eigenvalue weighted by molar-refractivity contribution is -0.137. The molecule has 3 fully saturated rings. The lowest BCUT2D eigenvalue weighted by atomic mass is 10.0. The Balaban J connectivity index is 1.42. The van der Waals surface area contributed by atoms with Gasteiger partial charge in [0.05, 0.1) is 5.56 Å². The van der Waals surface area contributed by atoms with Gasteiger partial charge in [-0.05, 0) is 37.8 Å². The summed E-state index contributed by atoms with van der Waals surface area (Å²) in [6.45, 7) is 5.80. The normalized spacial score (nSPS) is 34.2. The molecule has 1 aromatic heterocycles. The Morgan fingerprint density at radius 3 is 2.07 bits per heavy atom. The minimum atomic E-state index is -4.40. The number of hydrazine groups is 1. The molecule has 0 amide bonds. The highest BCUT2D eigenvalue weighted by atomic mass is 32.2. The van der Waals surface area contributed by atoms with Crippen LogP contribution < -0.4 is 15.8 Å². The number of nitrogens with zero attached hydrogens (tertiary/aromatic N) is 3. The molecule has 0 aromatic carbocycles. The van der Waals surface area contributed by atoms with Crippen LogP contribution in [0.5, 0.6) is 0 Å². The lowest BCUT2D eigenvalue weighted by Crippen LogP contribution is -2.47. The van der Waals surface area contributed by atoms with E-state index in [1.165, 1.54) is 6.07 Å². The zero-order valence-electron chi connectivity index (χ0n) is 15.6. The number of sulfonamides is 1. The summed E-state index contributed by atoms with van der Waals surface area (Å²) in [5.74, 6) is 0.821. The minimum absolute atomic E-state index is 0.159. The van der Waals surface area contributed by atoms with E-state index in [4.69, 9.17) is 0 Å². The Hall–Kier alpha value is -1.43. The summed E-state index contributed by atoms with van der Waals surface area (Å²) in [7, 11) is -3.43. The van der Waals surface area contributed by atoms with Crippen molar-refractivity contribution in [3.8, 4) is 0 Å². The maximum Gasteiger partial charge on any atom is 0.417 e. The standard InChI is InChI=1S/C17H24F3N5O2S/c1-10-16(11(2)23-22-10)28(26,27)25-8-12-6-24(7-13(12)9-25)15-4-3-14(5-21-15)17(18,19)20/h3-5,10-13,16,22-23H,6-9H2,1-2H3. The van der Waals surface area contributed by atoms with Crippen molar-refractivity contribution in [2.45, 2.75) is 37.4 Å². The third kappa shape index (κ3) is 3.38. The molecule has 2 N–H and O–H groups in total. The van der Waals surface area contributed by atoms with Crippen molar-refractivity contribution in [3.05, 3.63) is 23.9 Å². The van der Waals surface area contributed by atoms with E-state index in [9.17, 15) is 21.6 Å². The monoisotopic (exact) mass is 419 g/mol. The Morgan fingerprint density at radius 1 is 1.04 bits per heavy atom. The summed E-state index contributed by atoms with van der Waals surface area (Å²) in [6.07, 6.45) is -3.55. The van der Waals surface area contributed by atoms with Gasteiger partial charge in [-0.1, -0.05) is 0 Å². The van der Waals surface area contributed by atoms with Gasteiger partial charge in [0.15, 0.2) is 0 Å². The molecule has 1 aromatic rings. The van der Waals surface area contributed by atoms with E-state index in [1.54, 1.807) is 4.31 Å². The number of hydrogen-bond donors (Lipinski definition) is 2. The first-order valence-electron chi connectivity index (χ1n) is 9.35. The number of rotatable bonds is 3. The van der Waals surface area contributed by atoms with Gasteiger partial charge in [0.2, 0.25) is 10.0 Å². The van der Waals surface area contributed by atoms with Crippen LogP contribution in [-0.4, -0.2) is 61.2 Å². The molecule has 0 spiro atoms. The summed E-state index contributed by atoms with van der Waals surface area (Å²) in [4.78, 5) is 5.91. The Bertz CT molecular complexity index is 808. The SMILES string of the molecule is CC1NNC(C)C1S(=O)(=O)N1CC2CN(c3ccc(C(F)(F)F)cn3)CC2C1. The fourth-order valence-corrected chi connectivity index (χ4v) is 6.94. The van der Waals surface area contributed by atoms with Crippen LogP contribution >= 0.6 is 0 Å². The highest BCUT2D eigenvalue weighted by Crippen LogP contribution is 2.37. The van der Waals surface area contributed by atoms with E-state index < -0.39 is 27.0 Å². The van der Waals surface area contributed by atoms with Gasteiger partial charge in [-0.15, -0.1) is 0 Å². The van der Waals surface area contributed by atoms with E-state index in [1.807, 2.05) is 18.7 Å². The molecule has 3 saturated heterocycles. The van der Waals surface area contributed by atoms with Gasteiger partial charge in [0, 0.05) is 44.5 Å². The Kier molecular flexibility index (Phi) is 4.84. The molecular formula is C17H24F3N5O2S. The van der Waals surface area contributed by atoms with Crippen molar-refractivity contribution in [1.82, 2.24) is 20.1 Å². The van der Waals surface area contributed by atoms with Gasteiger partial charge in [0.1, 0.15) is 11.1 Å². The summed E-state index contributed by atoms with van der Waals surface area (Å²) in [6, 6.07) is 2.08. The Morgan fingerprint density at radius 2 is 1.61 bits per heavy atom. The topological polar surface area (TPSA) is 77.6 Å². The maximum atomic E-state index is 13.1.